The maximum Gasteiger partial charge on any atom is 0.123 e. The molecule has 1 aromatic rings. The molecule has 0 amide bonds. The first-order valence-corrected chi connectivity index (χ1v) is 7.15. The summed E-state index contributed by atoms with van der Waals surface area (Å²) in [5.74, 6) is 0.396. The van der Waals surface area contributed by atoms with Crippen LogP contribution in [0.3, 0.4) is 0 Å². The largest absolute Gasteiger partial charge is 0.507 e. The average Bonchev–Trinajstić information content (AvgIpc) is 2.34. The minimum Gasteiger partial charge on any atom is -0.507 e. The number of ether oxygens (including phenoxy) is 1. The van der Waals surface area contributed by atoms with Crippen molar-refractivity contribution in [1.29, 1.82) is 0 Å². The summed E-state index contributed by atoms with van der Waals surface area (Å²) in [5, 5.41) is 10.1. The number of likely N-dealkylation sites (N-methyl/N-ethyl adjacent to an activating group) is 1. The van der Waals surface area contributed by atoms with Crippen molar-refractivity contribution in [2.24, 2.45) is 0 Å². The van der Waals surface area contributed by atoms with Crippen LogP contribution in [-0.4, -0.2) is 36.3 Å². The number of benzene rings is 1. The zero-order chi connectivity index (χ0) is 13.5. The lowest BCUT2D eigenvalue weighted by Gasteiger charge is -2.21. The Morgan fingerprint density at radius 2 is 2.06 bits per heavy atom. The summed E-state index contributed by atoms with van der Waals surface area (Å²) >= 11 is 3.47. The quantitative estimate of drug-likeness (QED) is 0.783. The molecule has 0 atom stereocenters. The van der Waals surface area contributed by atoms with Crippen LogP contribution in [0.4, 0.5) is 0 Å². The molecule has 0 saturated heterocycles. The third-order valence-electron chi connectivity index (χ3n) is 2.94. The Balaban J connectivity index is 2.69. The number of phenolic OH excluding ortho intramolecular Hbond substituents is 1. The molecule has 1 aromatic carbocycles. The second kappa shape index (κ2) is 7.77. The van der Waals surface area contributed by atoms with E-state index in [1.165, 1.54) is 0 Å². The molecular weight excluding hydrogens is 294 g/mol. The van der Waals surface area contributed by atoms with Crippen LogP contribution in [0.1, 0.15) is 25.0 Å². The molecule has 18 heavy (non-hydrogen) atoms. The van der Waals surface area contributed by atoms with Crippen LogP contribution < -0.4 is 0 Å². The lowest BCUT2D eigenvalue weighted by Crippen LogP contribution is -2.27. The van der Waals surface area contributed by atoms with Gasteiger partial charge in [-0.2, -0.15) is 0 Å². The van der Waals surface area contributed by atoms with Gasteiger partial charge in [0.25, 0.3) is 0 Å². The maximum atomic E-state index is 10.1. The van der Waals surface area contributed by atoms with Crippen molar-refractivity contribution in [2.45, 2.75) is 27.3 Å². The highest BCUT2D eigenvalue weighted by Crippen LogP contribution is 2.27. The highest BCUT2D eigenvalue weighted by molar-refractivity contribution is 9.10. The van der Waals surface area contributed by atoms with E-state index in [9.17, 15) is 5.11 Å². The van der Waals surface area contributed by atoms with Crippen molar-refractivity contribution < 1.29 is 9.84 Å². The van der Waals surface area contributed by atoms with Crippen molar-refractivity contribution in [2.75, 3.05) is 26.3 Å². The lowest BCUT2D eigenvalue weighted by atomic mass is 10.1. The Morgan fingerprint density at radius 3 is 2.67 bits per heavy atom. The fourth-order valence-electron chi connectivity index (χ4n) is 1.85. The first kappa shape index (κ1) is 15.5. The Hall–Kier alpha value is -0.580. The average molecular weight is 316 g/mol. The zero-order valence-electron chi connectivity index (χ0n) is 11.4. The van der Waals surface area contributed by atoms with Crippen LogP contribution in [0.5, 0.6) is 5.75 Å². The van der Waals surface area contributed by atoms with Gasteiger partial charge in [-0.05, 0) is 38.1 Å². The van der Waals surface area contributed by atoms with Gasteiger partial charge in [-0.25, -0.2) is 0 Å². The molecule has 0 fully saturated rings. The number of aromatic hydroxyl groups is 1. The van der Waals surface area contributed by atoms with E-state index < -0.39 is 0 Å². The summed E-state index contributed by atoms with van der Waals surface area (Å²) in [5.41, 5.74) is 1.86. The van der Waals surface area contributed by atoms with Crippen molar-refractivity contribution in [1.82, 2.24) is 4.90 Å². The van der Waals surface area contributed by atoms with E-state index in [4.69, 9.17) is 4.74 Å². The number of aryl methyl sites for hydroxylation is 1. The molecule has 0 aliphatic rings. The van der Waals surface area contributed by atoms with Crippen molar-refractivity contribution in [3.8, 4) is 5.75 Å². The Bertz CT molecular complexity index is 382. The zero-order valence-corrected chi connectivity index (χ0v) is 13.0. The number of phenols is 1. The molecule has 102 valence electrons. The summed E-state index contributed by atoms with van der Waals surface area (Å²) in [7, 11) is 0. The Kier molecular flexibility index (Phi) is 6.68. The van der Waals surface area contributed by atoms with Gasteiger partial charge < -0.3 is 9.84 Å². The molecule has 0 unspecified atom stereocenters. The number of rotatable bonds is 7. The molecule has 0 bridgehead atoms. The fraction of sp³-hybridized carbons (Fsp3) is 0.571. The second-order valence-corrected chi connectivity index (χ2v) is 5.21. The van der Waals surface area contributed by atoms with Gasteiger partial charge in [0.15, 0.2) is 0 Å². The minimum absolute atomic E-state index is 0.396. The van der Waals surface area contributed by atoms with E-state index in [0.29, 0.717) is 5.75 Å². The highest BCUT2D eigenvalue weighted by Gasteiger charge is 2.10. The molecule has 0 aliphatic carbocycles. The lowest BCUT2D eigenvalue weighted by molar-refractivity contribution is 0.112. The smallest absolute Gasteiger partial charge is 0.123 e. The molecule has 1 rings (SSSR count). The van der Waals surface area contributed by atoms with Crippen molar-refractivity contribution >= 4 is 15.9 Å². The number of nitrogens with zero attached hydrogens (tertiary/aromatic N) is 1. The van der Waals surface area contributed by atoms with E-state index in [1.807, 2.05) is 26.0 Å². The van der Waals surface area contributed by atoms with Gasteiger partial charge in [0, 0.05) is 29.7 Å². The summed E-state index contributed by atoms with van der Waals surface area (Å²) in [4.78, 5) is 2.26. The fourth-order valence-corrected chi connectivity index (χ4v) is 2.47. The maximum absolute atomic E-state index is 10.1. The van der Waals surface area contributed by atoms with E-state index >= 15 is 0 Å². The SMILES string of the molecule is CCOCCN(CC)Cc1cc(Br)cc(C)c1O. The molecule has 0 saturated carbocycles. The number of hydrogen-bond acceptors (Lipinski definition) is 3. The van der Waals surface area contributed by atoms with Gasteiger partial charge in [-0.3, -0.25) is 4.90 Å². The Morgan fingerprint density at radius 1 is 1.33 bits per heavy atom. The van der Waals surface area contributed by atoms with Crippen LogP contribution >= 0.6 is 15.9 Å². The van der Waals surface area contributed by atoms with Crippen LogP contribution in [0.15, 0.2) is 16.6 Å². The van der Waals surface area contributed by atoms with Gasteiger partial charge in [-0.1, -0.05) is 22.9 Å². The molecule has 0 spiro atoms. The predicted molar refractivity (Wildman–Crippen MR) is 78.0 cm³/mol. The van der Waals surface area contributed by atoms with Gasteiger partial charge in [-0.15, -0.1) is 0 Å². The predicted octanol–water partition coefficient (Wildman–Crippen LogP) is 3.32. The van der Waals surface area contributed by atoms with Crippen LogP contribution in [0.2, 0.25) is 0 Å². The van der Waals surface area contributed by atoms with Crippen LogP contribution in [-0.2, 0) is 11.3 Å². The topological polar surface area (TPSA) is 32.7 Å². The third-order valence-corrected chi connectivity index (χ3v) is 3.40. The third kappa shape index (κ3) is 4.59. The molecule has 1 N–H and O–H groups in total. The first-order valence-electron chi connectivity index (χ1n) is 6.36. The second-order valence-electron chi connectivity index (χ2n) is 4.30. The summed E-state index contributed by atoms with van der Waals surface area (Å²) in [6.07, 6.45) is 0. The minimum atomic E-state index is 0.396. The van der Waals surface area contributed by atoms with E-state index in [0.717, 1.165) is 48.4 Å². The molecule has 0 radical (unpaired) electrons. The number of halogens is 1. The van der Waals surface area contributed by atoms with E-state index in [2.05, 4.69) is 27.8 Å². The van der Waals surface area contributed by atoms with Gasteiger partial charge >= 0.3 is 0 Å². The van der Waals surface area contributed by atoms with Crippen LogP contribution in [0, 0.1) is 6.92 Å². The van der Waals surface area contributed by atoms with E-state index in [-0.39, 0.29) is 0 Å². The monoisotopic (exact) mass is 315 g/mol. The van der Waals surface area contributed by atoms with Gasteiger partial charge in [0.05, 0.1) is 6.61 Å². The highest BCUT2D eigenvalue weighted by atomic mass is 79.9. The summed E-state index contributed by atoms with van der Waals surface area (Å²) in [6, 6.07) is 3.90. The normalized spacial score (nSPS) is 11.2. The molecule has 0 aromatic heterocycles. The summed E-state index contributed by atoms with van der Waals surface area (Å²) in [6.45, 7) is 10.1. The molecule has 0 heterocycles. The molecule has 3 nitrogen and oxygen atoms in total. The van der Waals surface area contributed by atoms with Gasteiger partial charge in [0.1, 0.15) is 5.75 Å². The standard InChI is InChI=1S/C14H22BrNO2/c1-4-16(6-7-18-5-2)10-12-9-13(15)8-11(3)14(12)17/h8-9,17H,4-7,10H2,1-3H3. The van der Waals surface area contributed by atoms with Gasteiger partial charge in [0.2, 0.25) is 0 Å². The Labute approximate surface area is 118 Å². The molecule has 4 heteroatoms. The van der Waals surface area contributed by atoms with Crippen molar-refractivity contribution in [3.05, 3.63) is 27.7 Å². The number of hydrogen-bond donors (Lipinski definition) is 1. The van der Waals surface area contributed by atoms with Crippen molar-refractivity contribution in [3.63, 3.8) is 0 Å². The molecule has 0 aliphatic heterocycles. The first-order chi connectivity index (χ1) is 8.58. The molecular formula is C14H22BrNO2. The van der Waals surface area contributed by atoms with E-state index in [1.54, 1.807) is 0 Å². The summed E-state index contributed by atoms with van der Waals surface area (Å²) < 4.78 is 6.38. The van der Waals surface area contributed by atoms with Crippen LogP contribution in [0.25, 0.3) is 0 Å².